The highest BCUT2D eigenvalue weighted by Gasteiger charge is 2.44. The molecule has 0 saturated carbocycles. The van der Waals surface area contributed by atoms with E-state index in [-0.39, 0.29) is 12.4 Å². The molecular weight excluding hydrogens is 413 g/mol. The lowest BCUT2D eigenvalue weighted by atomic mass is 9.76. The van der Waals surface area contributed by atoms with Crippen molar-refractivity contribution in [3.8, 4) is 0 Å². The smallest absolute Gasteiger partial charge is 0.0567 e. The largest absolute Gasteiger partial charge is 0.300 e. The maximum Gasteiger partial charge on any atom is 0.0567 e. The number of piperidine rings is 1. The van der Waals surface area contributed by atoms with Crippen LogP contribution in [-0.2, 0) is 0 Å². The maximum atomic E-state index is 3.57. The fourth-order valence-corrected chi connectivity index (χ4v) is 4.66. The van der Waals surface area contributed by atoms with Gasteiger partial charge in [-0.3, -0.25) is 4.90 Å². The van der Waals surface area contributed by atoms with Crippen LogP contribution in [0.25, 0.3) is 0 Å². The second kappa shape index (κ2) is 7.16. The van der Waals surface area contributed by atoms with Crippen molar-refractivity contribution < 1.29 is 0 Å². The van der Waals surface area contributed by atoms with Crippen molar-refractivity contribution in [3.05, 3.63) is 44.9 Å². The van der Waals surface area contributed by atoms with Crippen LogP contribution in [0.4, 0.5) is 0 Å². The van der Waals surface area contributed by atoms with Crippen molar-refractivity contribution >= 4 is 44.3 Å². The van der Waals surface area contributed by atoms with Crippen molar-refractivity contribution in [3.63, 3.8) is 0 Å². The Morgan fingerprint density at radius 1 is 1.19 bits per heavy atom. The summed E-state index contributed by atoms with van der Waals surface area (Å²) in [5.41, 5.74) is 2.85. The average molecular weight is 436 g/mol. The van der Waals surface area contributed by atoms with Gasteiger partial charge in [-0.1, -0.05) is 35.9 Å². The summed E-state index contributed by atoms with van der Waals surface area (Å²) in [4.78, 5) is 2.61. The van der Waals surface area contributed by atoms with Crippen LogP contribution in [0.3, 0.4) is 0 Å². The first-order valence-corrected chi connectivity index (χ1v) is 8.96. The van der Waals surface area contributed by atoms with E-state index >= 15 is 0 Å². The Labute approximate surface area is 150 Å². The molecule has 2 aliphatic rings. The molecular formula is C17H22Br2ClN. The minimum Gasteiger partial charge on any atom is -0.300 e. The van der Waals surface area contributed by atoms with Gasteiger partial charge in [-0.05, 0) is 76.6 Å². The molecule has 2 bridgehead atoms. The van der Waals surface area contributed by atoms with Crippen LogP contribution in [-0.4, -0.2) is 24.0 Å². The molecule has 2 heterocycles. The summed E-state index contributed by atoms with van der Waals surface area (Å²) in [5, 5.41) is 0. The number of hydrogen-bond acceptors (Lipinski definition) is 1. The number of benzene rings is 1. The maximum absolute atomic E-state index is 3.57. The van der Waals surface area contributed by atoms with Gasteiger partial charge in [-0.15, -0.1) is 12.4 Å². The first kappa shape index (κ1) is 17.5. The Hall–Kier alpha value is 0.170. The van der Waals surface area contributed by atoms with Gasteiger partial charge >= 0.3 is 0 Å². The quantitative estimate of drug-likeness (QED) is 0.583. The van der Waals surface area contributed by atoms with Crippen LogP contribution in [0.2, 0.25) is 0 Å². The van der Waals surface area contributed by atoms with Crippen molar-refractivity contribution in [1.29, 1.82) is 0 Å². The normalized spacial score (nSPS) is 31.6. The van der Waals surface area contributed by atoms with Crippen molar-refractivity contribution in [2.24, 2.45) is 5.92 Å². The van der Waals surface area contributed by atoms with Gasteiger partial charge in [0.25, 0.3) is 0 Å². The van der Waals surface area contributed by atoms with Crippen molar-refractivity contribution in [2.75, 3.05) is 7.05 Å². The van der Waals surface area contributed by atoms with Crippen LogP contribution in [0.5, 0.6) is 0 Å². The third-order valence-corrected chi connectivity index (χ3v) is 5.68. The fourth-order valence-electron chi connectivity index (χ4n) is 4.05. The minimum atomic E-state index is 0. The predicted octanol–water partition coefficient (Wildman–Crippen LogP) is 5.61. The Balaban J connectivity index is 0.00000161. The van der Waals surface area contributed by atoms with Crippen molar-refractivity contribution in [2.45, 2.75) is 44.2 Å². The monoisotopic (exact) mass is 433 g/mol. The van der Waals surface area contributed by atoms with Gasteiger partial charge in [0.1, 0.15) is 0 Å². The minimum absolute atomic E-state index is 0. The molecule has 0 N–H and O–H groups in total. The molecule has 2 saturated heterocycles. The zero-order valence-corrected chi connectivity index (χ0v) is 16.4. The van der Waals surface area contributed by atoms with Gasteiger partial charge in [0.05, 0.1) is 3.39 Å². The molecule has 1 aromatic rings. The fraction of sp³-hybridized carbons (Fsp3) is 0.529. The molecule has 3 rings (SSSR count). The lowest BCUT2D eigenvalue weighted by Gasteiger charge is -2.42. The van der Waals surface area contributed by atoms with E-state index in [1.165, 1.54) is 30.4 Å². The van der Waals surface area contributed by atoms with E-state index in [4.69, 9.17) is 0 Å². The summed E-state index contributed by atoms with van der Waals surface area (Å²) < 4.78 is 1.09. The molecule has 2 fully saturated rings. The topological polar surface area (TPSA) is 3.24 Å². The molecule has 1 nitrogen and oxygen atoms in total. The third kappa shape index (κ3) is 3.57. The van der Waals surface area contributed by atoms with Gasteiger partial charge in [0, 0.05) is 18.0 Å². The van der Waals surface area contributed by atoms with Gasteiger partial charge in [-0.25, -0.2) is 0 Å². The summed E-state index contributed by atoms with van der Waals surface area (Å²) in [6.07, 6.45) is 6.34. The molecule has 0 aromatic heterocycles. The number of fused-ring (bicyclic) bond motifs is 2. The SMILES string of the molecule is Cc1ccc([C@H]2C[C@@H]3CC[C@H]([C@@H]2C=C(Br)Br)N3C)cc1.Cl. The molecule has 0 amide bonds. The highest BCUT2D eigenvalue weighted by atomic mass is 79.9. The Morgan fingerprint density at radius 2 is 1.86 bits per heavy atom. The van der Waals surface area contributed by atoms with E-state index in [2.05, 4.69) is 81.1 Å². The second-order valence-corrected chi connectivity index (χ2v) is 9.02. The van der Waals surface area contributed by atoms with E-state index in [1.54, 1.807) is 0 Å². The van der Waals surface area contributed by atoms with Crippen molar-refractivity contribution in [1.82, 2.24) is 4.90 Å². The summed E-state index contributed by atoms with van der Waals surface area (Å²) in [6, 6.07) is 10.6. The number of halogens is 3. The Bertz CT molecular complexity index is 510. The first-order valence-electron chi connectivity index (χ1n) is 7.37. The third-order valence-electron chi connectivity index (χ3n) is 5.15. The number of nitrogens with zero attached hydrogens (tertiary/aromatic N) is 1. The van der Waals surface area contributed by atoms with E-state index < -0.39 is 0 Å². The predicted molar refractivity (Wildman–Crippen MR) is 99.8 cm³/mol. The zero-order chi connectivity index (χ0) is 14.3. The highest BCUT2D eigenvalue weighted by Crippen LogP contribution is 2.47. The van der Waals surface area contributed by atoms with E-state index in [0.717, 1.165) is 9.43 Å². The molecule has 4 heteroatoms. The molecule has 21 heavy (non-hydrogen) atoms. The molecule has 0 unspecified atom stereocenters. The van der Waals surface area contributed by atoms with Crippen LogP contribution in [0, 0.1) is 12.8 Å². The number of aryl methyl sites for hydroxylation is 1. The first-order chi connectivity index (χ1) is 9.56. The van der Waals surface area contributed by atoms with Crippen LogP contribution in [0.15, 0.2) is 33.7 Å². The zero-order valence-electron chi connectivity index (χ0n) is 12.4. The van der Waals surface area contributed by atoms with E-state index in [0.29, 0.717) is 17.9 Å². The molecule has 0 aliphatic carbocycles. The summed E-state index contributed by atoms with van der Waals surface area (Å²) in [7, 11) is 2.30. The number of rotatable bonds is 2. The van der Waals surface area contributed by atoms with Gasteiger partial charge in [0.2, 0.25) is 0 Å². The Kier molecular flexibility index (Phi) is 5.98. The molecule has 4 atom stereocenters. The van der Waals surface area contributed by atoms with Crippen LogP contribution >= 0.6 is 44.3 Å². The van der Waals surface area contributed by atoms with Crippen LogP contribution in [0.1, 0.15) is 36.3 Å². The summed E-state index contributed by atoms with van der Waals surface area (Å²) in [6.45, 7) is 2.16. The highest BCUT2D eigenvalue weighted by molar-refractivity contribution is 9.28. The van der Waals surface area contributed by atoms with E-state index in [1.807, 2.05) is 0 Å². The number of hydrogen-bond donors (Lipinski definition) is 0. The average Bonchev–Trinajstić information content (AvgIpc) is 2.65. The lowest BCUT2D eigenvalue weighted by Crippen LogP contribution is -2.45. The Morgan fingerprint density at radius 3 is 2.48 bits per heavy atom. The van der Waals surface area contributed by atoms with Gasteiger partial charge < -0.3 is 0 Å². The molecule has 2 aliphatic heterocycles. The lowest BCUT2D eigenvalue weighted by molar-refractivity contribution is 0.124. The summed E-state index contributed by atoms with van der Waals surface area (Å²) >= 11 is 7.14. The molecule has 0 radical (unpaired) electrons. The summed E-state index contributed by atoms with van der Waals surface area (Å²) in [5.74, 6) is 1.24. The van der Waals surface area contributed by atoms with Crippen LogP contribution < -0.4 is 0 Å². The second-order valence-electron chi connectivity index (χ2n) is 6.25. The van der Waals surface area contributed by atoms with Gasteiger partial charge in [0.15, 0.2) is 0 Å². The molecule has 0 spiro atoms. The standard InChI is InChI=1S/C17H21Br2N.ClH/c1-11-3-5-12(6-4-11)14-9-13-7-8-16(20(13)2)15(14)10-17(18)19;/h3-6,10,13-16H,7-9H2,1-2H3;1H/t13-,14+,15+,16+;/m0./s1. The van der Waals surface area contributed by atoms with E-state index in [9.17, 15) is 0 Å². The molecule has 1 aromatic carbocycles. The van der Waals surface area contributed by atoms with Gasteiger partial charge in [-0.2, -0.15) is 0 Å². The molecule has 116 valence electrons.